The van der Waals surface area contributed by atoms with Crippen molar-refractivity contribution in [1.82, 2.24) is 5.32 Å². The molecule has 0 aliphatic rings. The maximum atomic E-state index is 12.9. The molecule has 1 N–H and O–H groups in total. The highest BCUT2D eigenvalue weighted by Gasteiger charge is 2.41. The average Bonchev–Trinajstić information content (AvgIpc) is 2.36. The van der Waals surface area contributed by atoms with Crippen LogP contribution in [0.4, 0.5) is 13.2 Å². The van der Waals surface area contributed by atoms with Gasteiger partial charge < -0.3 is 10.1 Å². The van der Waals surface area contributed by atoms with Crippen LogP contribution in [0.1, 0.15) is 18.5 Å². The van der Waals surface area contributed by atoms with E-state index in [1.807, 2.05) is 5.32 Å². The first kappa shape index (κ1) is 15.1. The van der Waals surface area contributed by atoms with Crippen LogP contribution in [-0.2, 0) is 4.79 Å². The maximum Gasteiger partial charge on any atom is 0.412 e. The summed E-state index contributed by atoms with van der Waals surface area (Å²) in [6.07, 6.45) is -3.78. The van der Waals surface area contributed by atoms with Crippen molar-refractivity contribution in [2.45, 2.75) is 19.1 Å². The third kappa shape index (κ3) is 4.31. The number of alkyl halides is 3. The Bertz CT molecular complexity index is 440. The number of amides is 1. The van der Waals surface area contributed by atoms with Gasteiger partial charge in [-0.15, -0.1) is 0 Å². The van der Waals surface area contributed by atoms with Crippen LogP contribution >= 0.6 is 0 Å². The van der Waals surface area contributed by atoms with E-state index in [1.165, 1.54) is 24.3 Å². The Morgan fingerprint density at radius 3 is 2.42 bits per heavy atom. The molecule has 0 radical (unpaired) electrons. The standard InChI is InChI=1S/C13H14F3NO2/c1-3-11(18)17-12(13(14,15)16)9-5-7-10(8-6-9)19-4-2/h3,5-8,12H,1,4H2,2H3,(H,17,18)/t12-/m0/s1. The minimum Gasteiger partial charge on any atom is -0.494 e. The van der Waals surface area contributed by atoms with Crippen molar-refractivity contribution in [3.63, 3.8) is 0 Å². The van der Waals surface area contributed by atoms with E-state index >= 15 is 0 Å². The smallest absolute Gasteiger partial charge is 0.412 e. The van der Waals surface area contributed by atoms with Gasteiger partial charge in [0.05, 0.1) is 6.61 Å². The molecule has 0 bridgehead atoms. The molecule has 0 spiro atoms. The van der Waals surface area contributed by atoms with Crippen molar-refractivity contribution in [2.24, 2.45) is 0 Å². The van der Waals surface area contributed by atoms with Gasteiger partial charge in [0.2, 0.25) is 5.91 Å². The summed E-state index contributed by atoms with van der Waals surface area (Å²) in [6.45, 7) is 5.33. The monoisotopic (exact) mass is 273 g/mol. The first-order valence-electron chi connectivity index (χ1n) is 5.61. The van der Waals surface area contributed by atoms with Crippen molar-refractivity contribution in [1.29, 1.82) is 0 Å². The van der Waals surface area contributed by atoms with E-state index in [1.54, 1.807) is 6.92 Å². The second-order valence-corrected chi connectivity index (χ2v) is 3.69. The lowest BCUT2D eigenvalue weighted by Gasteiger charge is -2.21. The van der Waals surface area contributed by atoms with E-state index in [9.17, 15) is 18.0 Å². The third-order valence-corrected chi connectivity index (χ3v) is 2.32. The molecule has 3 nitrogen and oxygen atoms in total. The van der Waals surface area contributed by atoms with Gasteiger partial charge in [0.25, 0.3) is 0 Å². The molecule has 0 heterocycles. The fourth-order valence-corrected chi connectivity index (χ4v) is 1.48. The Balaban J connectivity index is 2.97. The summed E-state index contributed by atoms with van der Waals surface area (Å²) in [6, 6.07) is 3.34. The van der Waals surface area contributed by atoms with Crippen molar-refractivity contribution in [3.8, 4) is 5.75 Å². The van der Waals surface area contributed by atoms with Crippen molar-refractivity contribution in [2.75, 3.05) is 6.61 Å². The number of hydrogen-bond donors (Lipinski definition) is 1. The fraction of sp³-hybridized carbons (Fsp3) is 0.308. The van der Waals surface area contributed by atoms with Crippen LogP contribution in [0.15, 0.2) is 36.9 Å². The van der Waals surface area contributed by atoms with Gasteiger partial charge in [-0.3, -0.25) is 4.79 Å². The molecular formula is C13H14F3NO2. The number of hydrogen-bond acceptors (Lipinski definition) is 2. The van der Waals surface area contributed by atoms with Gasteiger partial charge in [0.1, 0.15) is 5.75 Å². The molecule has 0 saturated heterocycles. The summed E-state index contributed by atoms with van der Waals surface area (Å²) < 4.78 is 43.8. The second kappa shape index (κ2) is 6.26. The molecule has 0 aliphatic carbocycles. The number of ether oxygens (including phenoxy) is 1. The lowest BCUT2D eigenvalue weighted by molar-refractivity contribution is -0.162. The van der Waals surface area contributed by atoms with Gasteiger partial charge in [-0.05, 0) is 30.7 Å². The summed E-state index contributed by atoms with van der Waals surface area (Å²) in [4.78, 5) is 11.1. The molecule has 1 aromatic rings. The molecule has 1 aromatic carbocycles. The lowest BCUT2D eigenvalue weighted by Crippen LogP contribution is -2.37. The molecule has 0 aromatic heterocycles. The molecule has 104 valence electrons. The zero-order valence-electron chi connectivity index (χ0n) is 10.3. The number of carbonyl (C=O) groups excluding carboxylic acids is 1. The Morgan fingerprint density at radius 2 is 2.00 bits per heavy atom. The van der Waals surface area contributed by atoms with Crippen molar-refractivity contribution in [3.05, 3.63) is 42.5 Å². The minimum atomic E-state index is -4.58. The predicted octanol–water partition coefficient (Wildman–Crippen LogP) is 2.99. The Kier molecular flexibility index (Phi) is 4.97. The van der Waals surface area contributed by atoms with Crippen LogP contribution in [0.2, 0.25) is 0 Å². The summed E-state index contributed by atoms with van der Waals surface area (Å²) in [7, 11) is 0. The van der Waals surface area contributed by atoms with Crippen LogP contribution in [0, 0.1) is 0 Å². The van der Waals surface area contributed by atoms with E-state index in [0.717, 1.165) is 6.08 Å². The molecular weight excluding hydrogens is 259 g/mol. The Hall–Kier alpha value is -1.98. The van der Waals surface area contributed by atoms with Crippen LogP contribution in [0.3, 0.4) is 0 Å². The summed E-state index contributed by atoms with van der Waals surface area (Å²) in [5, 5.41) is 1.85. The van der Waals surface area contributed by atoms with E-state index < -0.39 is 18.1 Å². The SMILES string of the molecule is C=CC(=O)N[C@@H](c1ccc(OCC)cc1)C(F)(F)F. The second-order valence-electron chi connectivity index (χ2n) is 3.69. The quantitative estimate of drug-likeness (QED) is 0.837. The molecule has 1 atom stereocenters. The zero-order chi connectivity index (χ0) is 14.5. The largest absolute Gasteiger partial charge is 0.494 e. The van der Waals surface area contributed by atoms with Gasteiger partial charge in [-0.1, -0.05) is 18.7 Å². The van der Waals surface area contributed by atoms with Gasteiger partial charge in [-0.25, -0.2) is 0 Å². The molecule has 1 rings (SSSR count). The number of carbonyl (C=O) groups is 1. The predicted molar refractivity (Wildman–Crippen MR) is 64.7 cm³/mol. The summed E-state index contributed by atoms with van der Waals surface area (Å²) >= 11 is 0. The normalized spacial score (nSPS) is 12.6. The molecule has 19 heavy (non-hydrogen) atoms. The number of benzene rings is 1. The van der Waals surface area contributed by atoms with Crippen LogP contribution in [0.5, 0.6) is 5.75 Å². The van der Waals surface area contributed by atoms with Gasteiger partial charge in [0, 0.05) is 0 Å². The van der Waals surface area contributed by atoms with Gasteiger partial charge in [-0.2, -0.15) is 13.2 Å². The van der Waals surface area contributed by atoms with Crippen LogP contribution in [-0.4, -0.2) is 18.7 Å². The first-order chi connectivity index (χ1) is 8.88. The topological polar surface area (TPSA) is 38.3 Å². The minimum absolute atomic E-state index is 0.0637. The van der Waals surface area contributed by atoms with E-state index in [4.69, 9.17) is 4.74 Å². The van der Waals surface area contributed by atoms with Crippen LogP contribution in [0.25, 0.3) is 0 Å². The number of rotatable bonds is 5. The van der Waals surface area contributed by atoms with Crippen molar-refractivity contribution < 1.29 is 22.7 Å². The maximum absolute atomic E-state index is 12.9. The highest BCUT2D eigenvalue weighted by molar-refractivity contribution is 5.87. The highest BCUT2D eigenvalue weighted by atomic mass is 19.4. The molecule has 6 heteroatoms. The molecule has 0 saturated carbocycles. The lowest BCUT2D eigenvalue weighted by atomic mass is 10.1. The van der Waals surface area contributed by atoms with Gasteiger partial charge in [0.15, 0.2) is 6.04 Å². The molecule has 0 fully saturated rings. The fourth-order valence-electron chi connectivity index (χ4n) is 1.48. The Labute approximate surface area is 109 Å². The molecule has 0 aliphatic heterocycles. The van der Waals surface area contributed by atoms with Gasteiger partial charge >= 0.3 is 6.18 Å². The van der Waals surface area contributed by atoms with Crippen LogP contribution < -0.4 is 10.1 Å². The Morgan fingerprint density at radius 1 is 1.42 bits per heavy atom. The highest BCUT2D eigenvalue weighted by Crippen LogP contribution is 2.33. The third-order valence-electron chi connectivity index (χ3n) is 2.32. The van der Waals surface area contributed by atoms with E-state index in [0.29, 0.717) is 12.4 Å². The molecule has 0 unspecified atom stereocenters. The van der Waals surface area contributed by atoms with E-state index in [2.05, 4.69) is 6.58 Å². The zero-order valence-corrected chi connectivity index (χ0v) is 10.3. The summed E-state index contributed by atoms with van der Waals surface area (Å²) in [5.74, 6) is -0.404. The molecule has 1 amide bonds. The summed E-state index contributed by atoms with van der Waals surface area (Å²) in [5.41, 5.74) is -0.0637. The van der Waals surface area contributed by atoms with E-state index in [-0.39, 0.29) is 5.56 Å². The number of nitrogens with one attached hydrogen (secondary N) is 1. The van der Waals surface area contributed by atoms with Crippen molar-refractivity contribution >= 4 is 5.91 Å². The average molecular weight is 273 g/mol. The first-order valence-corrected chi connectivity index (χ1v) is 5.61. The number of halogens is 3.